The number of hydrogen-bond donors (Lipinski definition) is 3. The van der Waals surface area contributed by atoms with E-state index < -0.39 is 17.7 Å². The quantitative estimate of drug-likeness (QED) is 0.799. The molecule has 0 saturated carbocycles. The summed E-state index contributed by atoms with van der Waals surface area (Å²) in [7, 11) is 0. The first-order chi connectivity index (χ1) is 10.7. The highest BCUT2D eigenvalue weighted by atomic mass is 32.1. The molecule has 0 aliphatic rings. The summed E-state index contributed by atoms with van der Waals surface area (Å²) in [4.78, 5) is 31.1. The molecule has 8 heteroatoms. The van der Waals surface area contributed by atoms with Crippen LogP contribution in [0.2, 0.25) is 0 Å². The summed E-state index contributed by atoms with van der Waals surface area (Å²) in [5, 5.41) is 7.48. The summed E-state index contributed by atoms with van der Waals surface area (Å²) in [6.07, 6.45) is 1.17. The number of aromatic nitrogens is 2. The highest BCUT2D eigenvalue weighted by Gasteiger charge is 2.21. The molecular weight excluding hydrogens is 316 g/mol. The van der Waals surface area contributed by atoms with Gasteiger partial charge in [-0.15, -0.1) is 11.3 Å². The number of carbonyl (C=O) groups is 2. The number of thiazole rings is 1. The minimum Gasteiger partial charge on any atom is -0.444 e. The van der Waals surface area contributed by atoms with Crippen LogP contribution in [0.15, 0.2) is 23.7 Å². The molecule has 2 aromatic rings. The number of nitrogens with one attached hydrogen (secondary N) is 3. The number of anilines is 1. The van der Waals surface area contributed by atoms with Gasteiger partial charge in [0.05, 0.1) is 11.4 Å². The first kappa shape index (κ1) is 17.0. The van der Waals surface area contributed by atoms with Crippen LogP contribution in [0, 0.1) is 0 Å². The largest absolute Gasteiger partial charge is 0.444 e. The van der Waals surface area contributed by atoms with Gasteiger partial charge < -0.3 is 20.4 Å². The van der Waals surface area contributed by atoms with Gasteiger partial charge in [-0.2, -0.15) is 0 Å². The van der Waals surface area contributed by atoms with Crippen molar-refractivity contribution in [2.24, 2.45) is 0 Å². The van der Waals surface area contributed by atoms with E-state index in [-0.39, 0.29) is 5.91 Å². The molecule has 0 aliphatic heterocycles. The molecule has 0 fully saturated rings. The molecule has 124 valence electrons. The summed E-state index contributed by atoms with van der Waals surface area (Å²) < 4.78 is 5.11. The summed E-state index contributed by atoms with van der Waals surface area (Å²) >= 11 is 1.32. The lowest BCUT2D eigenvalue weighted by molar-refractivity contribution is -0.117. The second-order valence-corrected chi connectivity index (χ2v) is 6.84. The van der Waals surface area contributed by atoms with Gasteiger partial charge in [0, 0.05) is 11.6 Å². The number of amides is 2. The van der Waals surface area contributed by atoms with E-state index in [0.29, 0.717) is 5.13 Å². The van der Waals surface area contributed by atoms with Crippen LogP contribution in [0.3, 0.4) is 0 Å². The van der Waals surface area contributed by atoms with E-state index >= 15 is 0 Å². The number of nitrogens with zero attached hydrogens (tertiary/aromatic N) is 1. The minimum atomic E-state index is -0.734. The Kier molecular flexibility index (Phi) is 5.05. The molecule has 2 rings (SSSR count). The van der Waals surface area contributed by atoms with E-state index in [9.17, 15) is 9.59 Å². The second-order valence-electron chi connectivity index (χ2n) is 5.98. The summed E-state index contributed by atoms with van der Waals surface area (Å²) in [6, 6.07) is 3.04. The fourth-order valence-corrected chi connectivity index (χ4v) is 2.42. The predicted octanol–water partition coefficient (Wildman–Crippen LogP) is 2.99. The van der Waals surface area contributed by atoms with Crippen molar-refractivity contribution in [2.45, 2.75) is 39.3 Å². The van der Waals surface area contributed by atoms with E-state index in [1.165, 1.54) is 11.3 Å². The maximum absolute atomic E-state index is 12.1. The molecule has 2 heterocycles. The van der Waals surface area contributed by atoms with Gasteiger partial charge in [0.25, 0.3) is 0 Å². The summed E-state index contributed by atoms with van der Waals surface area (Å²) in [5.41, 5.74) is 1.02. The third-order valence-corrected chi connectivity index (χ3v) is 3.49. The molecule has 0 bridgehead atoms. The van der Waals surface area contributed by atoms with Crippen LogP contribution in [0.1, 0.15) is 27.7 Å². The van der Waals surface area contributed by atoms with E-state index in [2.05, 4.69) is 20.6 Å². The Labute approximate surface area is 138 Å². The zero-order chi connectivity index (χ0) is 17.0. The summed E-state index contributed by atoms with van der Waals surface area (Å²) in [6.45, 7) is 6.86. The highest BCUT2D eigenvalue weighted by Crippen LogP contribution is 2.23. The number of alkyl carbamates (subject to hydrolysis) is 1. The normalized spacial score (nSPS) is 12.5. The zero-order valence-corrected chi connectivity index (χ0v) is 14.3. The second kappa shape index (κ2) is 6.82. The molecule has 3 N–H and O–H groups in total. The lowest BCUT2D eigenvalue weighted by Gasteiger charge is -2.21. The van der Waals surface area contributed by atoms with E-state index in [0.717, 1.165) is 11.4 Å². The van der Waals surface area contributed by atoms with Crippen molar-refractivity contribution in [3.63, 3.8) is 0 Å². The van der Waals surface area contributed by atoms with E-state index in [4.69, 9.17) is 4.74 Å². The monoisotopic (exact) mass is 336 g/mol. The smallest absolute Gasteiger partial charge is 0.408 e. The van der Waals surface area contributed by atoms with Crippen LogP contribution in [0.5, 0.6) is 0 Å². The zero-order valence-electron chi connectivity index (χ0n) is 13.5. The van der Waals surface area contributed by atoms with Crippen LogP contribution in [-0.4, -0.2) is 33.6 Å². The average molecular weight is 336 g/mol. The molecule has 23 heavy (non-hydrogen) atoms. The SMILES string of the molecule is C[C@@H](NC(=O)OC(C)(C)C)C(=O)Nc1nc(-c2ccc[nH]2)cs1. The predicted molar refractivity (Wildman–Crippen MR) is 89.4 cm³/mol. The number of ether oxygens (including phenoxy) is 1. The molecule has 0 spiro atoms. The summed E-state index contributed by atoms with van der Waals surface area (Å²) in [5.74, 6) is -0.358. The Morgan fingerprint density at radius 1 is 1.39 bits per heavy atom. The van der Waals surface area contributed by atoms with Gasteiger partial charge in [-0.05, 0) is 39.8 Å². The molecule has 1 atom stereocenters. The third kappa shape index (κ3) is 5.10. The Morgan fingerprint density at radius 3 is 2.74 bits per heavy atom. The van der Waals surface area contributed by atoms with Gasteiger partial charge in [0.2, 0.25) is 5.91 Å². The van der Waals surface area contributed by atoms with Gasteiger partial charge >= 0.3 is 6.09 Å². The number of carbonyl (C=O) groups excluding carboxylic acids is 2. The van der Waals surface area contributed by atoms with Gasteiger partial charge in [0.1, 0.15) is 11.6 Å². The van der Waals surface area contributed by atoms with Crippen molar-refractivity contribution < 1.29 is 14.3 Å². The van der Waals surface area contributed by atoms with Gasteiger partial charge in [-0.25, -0.2) is 9.78 Å². The first-order valence-corrected chi connectivity index (χ1v) is 8.02. The Bertz CT molecular complexity index is 673. The van der Waals surface area contributed by atoms with Gasteiger partial charge in [0.15, 0.2) is 5.13 Å². The Balaban J connectivity index is 1.90. The highest BCUT2D eigenvalue weighted by molar-refractivity contribution is 7.14. The molecule has 0 aliphatic carbocycles. The van der Waals surface area contributed by atoms with Crippen molar-refractivity contribution in [3.05, 3.63) is 23.7 Å². The fourth-order valence-electron chi connectivity index (χ4n) is 1.71. The van der Waals surface area contributed by atoms with Crippen LogP contribution in [0.4, 0.5) is 9.93 Å². The van der Waals surface area contributed by atoms with Crippen LogP contribution >= 0.6 is 11.3 Å². The lowest BCUT2D eigenvalue weighted by Crippen LogP contribution is -2.43. The molecular formula is C15H20N4O3S. The van der Waals surface area contributed by atoms with Crippen molar-refractivity contribution in [2.75, 3.05) is 5.32 Å². The number of rotatable bonds is 4. The lowest BCUT2D eigenvalue weighted by atomic mass is 10.2. The third-order valence-electron chi connectivity index (χ3n) is 2.73. The Morgan fingerprint density at radius 2 is 2.13 bits per heavy atom. The number of H-pyrrole nitrogens is 1. The van der Waals surface area contributed by atoms with Crippen LogP contribution in [0.25, 0.3) is 11.4 Å². The maximum Gasteiger partial charge on any atom is 0.408 e. The molecule has 0 unspecified atom stereocenters. The van der Waals surface area contributed by atoms with E-state index in [1.807, 2.05) is 17.5 Å². The van der Waals surface area contributed by atoms with Crippen molar-refractivity contribution in [1.29, 1.82) is 0 Å². The number of aromatic amines is 1. The molecule has 2 aromatic heterocycles. The van der Waals surface area contributed by atoms with Crippen LogP contribution < -0.4 is 10.6 Å². The minimum absolute atomic E-state index is 0.358. The van der Waals surface area contributed by atoms with Crippen molar-refractivity contribution in [1.82, 2.24) is 15.3 Å². The Hall–Kier alpha value is -2.35. The molecule has 2 amide bonds. The van der Waals surface area contributed by atoms with E-state index in [1.54, 1.807) is 33.9 Å². The molecule has 0 aromatic carbocycles. The van der Waals surface area contributed by atoms with Crippen molar-refractivity contribution >= 4 is 28.5 Å². The van der Waals surface area contributed by atoms with Crippen molar-refractivity contribution in [3.8, 4) is 11.4 Å². The topological polar surface area (TPSA) is 96.1 Å². The average Bonchev–Trinajstić information content (AvgIpc) is 3.05. The van der Waals surface area contributed by atoms with Gasteiger partial charge in [-0.1, -0.05) is 0 Å². The standard InChI is InChI=1S/C15H20N4O3S/c1-9(17-14(21)22-15(2,3)4)12(20)19-13-18-11(8-23-13)10-6-5-7-16-10/h5-9,16H,1-4H3,(H,17,21)(H,18,19,20)/t9-/m1/s1. The molecule has 7 nitrogen and oxygen atoms in total. The molecule has 0 saturated heterocycles. The first-order valence-electron chi connectivity index (χ1n) is 7.14. The van der Waals surface area contributed by atoms with Crippen LogP contribution in [-0.2, 0) is 9.53 Å². The number of hydrogen-bond acceptors (Lipinski definition) is 5. The fraction of sp³-hybridized carbons (Fsp3) is 0.400. The van der Waals surface area contributed by atoms with Gasteiger partial charge in [-0.3, -0.25) is 4.79 Å². The molecule has 0 radical (unpaired) electrons. The maximum atomic E-state index is 12.1.